The highest BCUT2D eigenvalue weighted by atomic mass is 35.5. The second-order valence-corrected chi connectivity index (χ2v) is 3.85. The average molecular weight is 250 g/mol. The zero-order valence-corrected chi connectivity index (χ0v) is 9.62. The second-order valence-electron chi connectivity index (χ2n) is 3.07. The average Bonchev–Trinajstić information content (AvgIpc) is 2.14. The van der Waals surface area contributed by atoms with Gasteiger partial charge in [-0.1, -0.05) is 11.6 Å². The fourth-order valence-electron chi connectivity index (χ4n) is 1.05. The molecule has 1 aromatic rings. The molecular weight excluding hydrogens is 240 g/mol. The summed E-state index contributed by atoms with van der Waals surface area (Å²) in [6.45, 7) is 1.60. The first-order chi connectivity index (χ1) is 7.04. The van der Waals surface area contributed by atoms with E-state index in [2.05, 4.69) is 5.32 Å². The van der Waals surface area contributed by atoms with Gasteiger partial charge in [-0.2, -0.15) is 0 Å². The molecule has 0 saturated carbocycles. The summed E-state index contributed by atoms with van der Waals surface area (Å²) in [6, 6.07) is 2.66. The Hall–Kier alpha value is -0.800. The van der Waals surface area contributed by atoms with Gasteiger partial charge in [0.1, 0.15) is 5.82 Å². The largest absolute Gasteiger partial charge is 0.325 e. The molecule has 0 bridgehead atoms. The summed E-state index contributed by atoms with van der Waals surface area (Å²) < 4.78 is 13.0. The van der Waals surface area contributed by atoms with Crippen molar-refractivity contribution in [3.8, 4) is 0 Å². The lowest BCUT2D eigenvalue weighted by atomic mass is 10.2. The first-order valence-corrected chi connectivity index (χ1v) is 5.27. The van der Waals surface area contributed by atoms with E-state index in [0.717, 1.165) is 0 Å². The molecule has 2 nitrogen and oxygen atoms in total. The quantitative estimate of drug-likeness (QED) is 0.819. The number of carbonyl (C=O) groups is 1. The third-order valence-electron chi connectivity index (χ3n) is 1.84. The van der Waals surface area contributed by atoms with E-state index < -0.39 is 5.82 Å². The minimum atomic E-state index is -0.393. The lowest BCUT2D eigenvalue weighted by Gasteiger charge is -2.07. The van der Waals surface area contributed by atoms with Gasteiger partial charge in [0, 0.05) is 12.3 Å². The van der Waals surface area contributed by atoms with E-state index in [4.69, 9.17) is 23.2 Å². The third-order valence-corrected chi connectivity index (χ3v) is 2.35. The van der Waals surface area contributed by atoms with Crippen LogP contribution in [0.5, 0.6) is 0 Å². The minimum Gasteiger partial charge on any atom is -0.325 e. The molecule has 0 radical (unpaired) electrons. The molecule has 0 aliphatic carbocycles. The molecule has 82 valence electrons. The lowest BCUT2D eigenvalue weighted by molar-refractivity contribution is -0.115. The molecule has 1 aromatic carbocycles. The number of alkyl halides is 1. The predicted molar refractivity (Wildman–Crippen MR) is 60.1 cm³/mol. The first-order valence-electron chi connectivity index (χ1n) is 4.36. The maximum atomic E-state index is 13.0. The van der Waals surface area contributed by atoms with Crippen molar-refractivity contribution in [2.45, 2.75) is 13.3 Å². The van der Waals surface area contributed by atoms with Crippen LogP contribution in [-0.2, 0) is 4.79 Å². The number of aryl methyl sites for hydroxylation is 1. The van der Waals surface area contributed by atoms with Crippen molar-refractivity contribution >= 4 is 34.8 Å². The van der Waals surface area contributed by atoms with Gasteiger partial charge in [-0.3, -0.25) is 4.79 Å². The summed E-state index contributed by atoms with van der Waals surface area (Å²) in [5, 5.41) is 2.74. The number of halogens is 3. The molecule has 0 aliphatic rings. The number of amides is 1. The van der Waals surface area contributed by atoms with Crippen molar-refractivity contribution in [2.75, 3.05) is 11.2 Å². The fraction of sp³-hybridized carbons (Fsp3) is 0.300. The number of hydrogen-bond acceptors (Lipinski definition) is 1. The van der Waals surface area contributed by atoms with Crippen LogP contribution in [-0.4, -0.2) is 11.8 Å². The van der Waals surface area contributed by atoms with E-state index >= 15 is 0 Å². The van der Waals surface area contributed by atoms with E-state index in [9.17, 15) is 9.18 Å². The van der Waals surface area contributed by atoms with E-state index in [0.29, 0.717) is 11.3 Å². The Labute approximate surface area is 97.4 Å². The van der Waals surface area contributed by atoms with Gasteiger partial charge >= 0.3 is 0 Å². The Morgan fingerprint density at radius 1 is 1.53 bits per heavy atom. The predicted octanol–water partition coefficient (Wildman–Crippen LogP) is 3.35. The molecule has 0 saturated heterocycles. The molecule has 1 N–H and O–H groups in total. The molecule has 0 fully saturated rings. The van der Waals surface area contributed by atoms with Crippen molar-refractivity contribution in [1.29, 1.82) is 0 Å². The van der Waals surface area contributed by atoms with Crippen LogP contribution in [0.25, 0.3) is 0 Å². The molecule has 0 aromatic heterocycles. The molecule has 1 rings (SSSR count). The van der Waals surface area contributed by atoms with E-state index in [-0.39, 0.29) is 23.2 Å². The van der Waals surface area contributed by atoms with Gasteiger partial charge in [0.25, 0.3) is 0 Å². The molecule has 15 heavy (non-hydrogen) atoms. The molecule has 0 aliphatic heterocycles. The molecule has 0 atom stereocenters. The summed E-state index contributed by atoms with van der Waals surface area (Å²) in [5.41, 5.74) is 0.839. The van der Waals surface area contributed by atoms with Crippen LogP contribution in [0.4, 0.5) is 10.1 Å². The van der Waals surface area contributed by atoms with Gasteiger partial charge in [0.15, 0.2) is 0 Å². The smallest absolute Gasteiger partial charge is 0.225 e. The van der Waals surface area contributed by atoms with E-state index in [1.807, 2.05) is 0 Å². The zero-order valence-electron chi connectivity index (χ0n) is 8.11. The van der Waals surface area contributed by atoms with Gasteiger partial charge in [-0.25, -0.2) is 4.39 Å². The summed E-state index contributed by atoms with van der Waals surface area (Å²) in [4.78, 5) is 11.2. The summed E-state index contributed by atoms with van der Waals surface area (Å²) in [5.74, 6) is -0.392. The maximum Gasteiger partial charge on any atom is 0.225 e. The Morgan fingerprint density at radius 2 is 2.20 bits per heavy atom. The van der Waals surface area contributed by atoms with Crippen molar-refractivity contribution in [3.05, 3.63) is 28.5 Å². The number of nitrogens with one attached hydrogen (secondary N) is 1. The van der Waals surface area contributed by atoms with Crippen LogP contribution in [0.2, 0.25) is 5.02 Å². The van der Waals surface area contributed by atoms with Gasteiger partial charge in [0.05, 0.1) is 10.7 Å². The number of hydrogen-bond donors (Lipinski definition) is 1. The van der Waals surface area contributed by atoms with Crippen LogP contribution < -0.4 is 5.32 Å². The number of rotatable bonds is 3. The summed E-state index contributed by atoms with van der Waals surface area (Å²) in [6.07, 6.45) is 0.203. The first kappa shape index (κ1) is 12.3. The van der Waals surface area contributed by atoms with Crippen LogP contribution in [0.3, 0.4) is 0 Å². The molecule has 0 unspecified atom stereocenters. The zero-order chi connectivity index (χ0) is 11.4. The molecule has 0 spiro atoms. The monoisotopic (exact) mass is 249 g/mol. The maximum absolute atomic E-state index is 13.0. The Balaban J connectivity index is 2.86. The molecule has 5 heteroatoms. The number of carbonyl (C=O) groups excluding carboxylic acids is 1. The lowest BCUT2D eigenvalue weighted by Crippen LogP contribution is -2.12. The minimum absolute atomic E-state index is 0.182. The van der Waals surface area contributed by atoms with E-state index in [1.54, 1.807) is 6.92 Å². The fourth-order valence-corrected chi connectivity index (χ4v) is 1.42. The van der Waals surface area contributed by atoms with Crippen molar-refractivity contribution in [3.63, 3.8) is 0 Å². The number of benzene rings is 1. The molecule has 0 heterocycles. The Kier molecular flexibility index (Phi) is 4.36. The van der Waals surface area contributed by atoms with Gasteiger partial charge < -0.3 is 5.32 Å². The van der Waals surface area contributed by atoms with E-state index in [1.165, 1.54) is 12.1 Å². The Bertz CT molecular complexity index is 382. The van der Waals surface area contributed by atoms with Crippen molar-refractivity contribution in [1.82, 2.24) is 0 Å². The molecule has 1 amide bonds. The SMILES string of the molecule is Cc1cc(NC(=O)CCCl)c(Cl)cc1F. The highest BCUT2D eigenvalue weighted by molar-refractivity contribution is 6.33. The van der Waals surface area contributed by atoms with Gasteiger partial charge in [-0.05, 0) is 24.6 Å². The standard InChI is InChI=1S/C10H10Cl2FNO/c1-6-4-9(7(12)5-8(6)13)14-10(15)2-3-11/h4-5H,2-3H2,1H3,(H,14,15). The second kappa shape index (κ2) is 5.33. The third kappa shape index (κ3) is 3.36. The number of anilines is 1. The van der Waals surface area contributed by atoms with Crippen LogP contribution >= 0.6 is 23.2 Å². The van der Waals surface area contributed by atoms with Crippen molar-refractivity contribution < 1.29 is 9.18 Å². The van der Waals surface area contributed by atoms with Gasteiger partial charge in [-0.15, -0.1) is 11.6 Å². The van der Waals surface area contributed by atoms with Crippen LogP contribution in [0, 0.1) is 12.7 Å². The summed E-state index contributed by atoms with van der Waals surface area (Å²) in [7, 11) is 0. The highest BCUT2D eigenvalue weighted by Gasteiger charge is 2.08. The summed E-state index contributed by atoms with van der Waals surface area (Å²) >= 11 is 11.2. The normalized spacial score (nSPS) is 10.1. The van der Waals surface area contributed by atoms with Crippen LogP contribution in [0.1, 0.15) is 12.0 Å². The topological polar surface area (TPSA) is 29.1 Å². The van der Waals surface area contributed by atoms with Gasteiger partial charge in [0.2, 0.25) is 5.91 Å². The van der Waals surface area contributed by atoms with Crippen molar-refractivity contribution in [2.24, 2.45) is 0 Å². The molecular formula is C10H10Cl2FNO. The highest BCUT2D eigenvalue weighted by Crippen LogP contribution is 2.25. The van der Waals surface area contributed by atoms with Crippen LogP contribution in [0.15, 0.2) is 12.1 Å². The Morgan fingerprint density at radius 3 is 2.80 bits per heavy atom.